The average molecular weight is 318 g/mol. The Balaban J connectivity index is 1.90. The maximum absolute atomic E-state index is 12.0. The molecule has 0 atom stereocenters. The van der Waals surface area contributed by atoms with Gasteiger partial charge in [-0.3, -0.25) is 0 Å². The second-order valence-corrected chi connectivity index (χ2v) is 4.81. The van der Waals surface area contributed by atoms with E-state index >= 15 is 0 Å². The highest BCUT2D eigenvalue weighted by atomic mass is 16.5. The zero-order valence-electron chi connectivity index (χ0n) is 12.7. The van der Waals surface area contributed by atoms with Crippen molar-refractivity contribution < 1.29 is 14.3 Å². The number of ether oxygens (including phenoxy) is 1. The lowest BCUT2D eigenvalue weighted by atomic mass is 10.1. The quantitative estimate of drug-likeness (QED) is 0.720. The fourth-order valence-electron chi connectivity index (χ4n) is 1.87. The third-order valence-corrected chi connectivity index (χ3v) is 3.03. The van der Waals surface area contributed by atoms with E-state index in [1.54, 1.807) is 28.9 Å². The van der Waals surface area contributed by atoms with Crippen molar-refractivity contribution in [2.45, 2.75) is 33.0 Å². The largest absolute Gasteiger partial charge is 0.454 e. The maximum atomic E-state index is 12.0. The van der Waals surface area contributed by atoms with Gasteiger partial charge in [-0.2, -0.15) is 0 Å². The average Bonchev–Trinajstić information content (AvgIpc) is 2.99. The number of primary amides is 1. The van der Waals surface area contributed by atoms with E-state index in [0.29, 0.717) is 24.5 Å². The first-order valence-corrected chi connectivity index (χ1v) is 7.14. The topological polar surface area (TPSA) is 125 Å². The molecule has 122 valence electrons. The van der Waals surface area contributed by atoms with Crippen molar-refractivity contribution in [1.29, 1.82) is 0 Å². The van der Waals surface area contributed by atoms with Gasteiger partial charge in [-0.1, -0.05) is 19.1 Å². The number of nitrogens with one attached hydrogen (secondary N) is 1. The number of tetrazole rings is 1. The lowest BCUT2D eigenvalue weighted by molar-refractivity contribution is 0.0456. The number of esters is 1. The summed E-state index contributed by atoms with van der Waals surface area (Å²) in [6.45, 7) is 2.99. The fourth-order valence-corrected chi connectivity index (χ4v) is 1.87. The number of hydrogen-bond acceptors (Lipinski definition) is 6. The molecule has 0 saturated carbocycles. The second-order valence-electron chi connectivity index (χ2n) is 4.81. The van der Waals surface area contributed by atoms with Gasteiger partial charge in [0, 0.05) is 13.1 Å². The van der Waals surface area contributed by atoms with Crippen LogP contribution in [-0.2, 0) is 24.4 Å². The first kappa shape index (κ1) is 16.4. The number of aromatic nitrogens is 4. The number of rotatable bonds is 7. The molecule has 0 fully saturated rings. The van der Waals surface area contributed by atoms with Gasteiger partial charge in [0.25, 0.3) is 0 Å². The van der Waals surface area contributed by atoms with Crippen molar-refractivity contribution in [3.63, 3.8) is 0 Å². The summed E-state index contributed by atoms with van der Waals surface area (Å²) in [6.07, 6.45) is 0.882. The Morgan fingerprint density at radius 2 is 2.04 bits per heavy atom. The van der Waals surface area contributed by atoms with Gasteiger partial charge >= 0.3 is 12.0 Å². The number of nitrogens with zero attached hydrogens (tertiary/aromatic N) is 4. The Labute approximate surface area is 132 Å². The Morgan fingerprint density at radius 1 is 1.30 bits per heavy atom. The Morgan fingerprint density at radius 3 is 2.70 bits per heavy atom. The Hall–Kier alpha value is -2.97. The third-order valence-electron chi connectivity index (χ3n) is 3.03. The summed E-state index contributed by atoms with van der Waals surface area (Å²) in [5.74, 6) is 0.0351. The molecular weight excluding hydrogens is 300 g/mol. The molecule has 0 spiro atoms. The fraction of sp³-hybridized carbons (Fsp3) is 0.357. The van der Waals surface area contributed by atoms with Crippen LogP contribution in [0.4, 0.5) is 4.79 Å². The minimum atomic E-state index is -0.599. The minimum absolute atomic E-state index is 0.0107. The number of carbonyl (C=O) groups is 2. The number of amides is 2. The molecule has 9 nitrogen and oxygen atoms in total. The molecule has 0 bridgehead atoms. The molecule has 3 N–H and O–H groups in total. The number of urea groups is 1. The minimum Gasteiger partial charge on any atom is -0.454 e. The normalized spacial score (nSPS) is 10.3. The molecule has 2 amide bonds. The van der Waals surface area contributed by atoms with E-state index in [4.69, 9.17) is 10.5 Å². The van der Waals surface area contributed by atoms with Crippen LogP contribution >= 0.6 is 0 Å². The van der Waals surface area contributed by atoms with Crippen LogP contribution < -0.4 is 11.1 Å². The smallest absolute Gasteiger partial charge is 0.338 e. The number of benzene rings is 1. The molecule has 1 heterocycles. The molecule has 0 saturated heterocycles. The highest BCUT2D eigenvalue weighted by Crippen LogP contribution is 2.07. The van der Waals surface area contributed by atoms with Crippen molar-refractivity contribution in [2.24, 2.45) is 5.73 Å². The van der Waals surface area contributed by atoms with E-state index < -0.39 is 12.0 Å². The van der Waals surface area contributed by atoms with Crippen LogP contribution in [0.25, 0.3) is 0 Å². The first-order valence-electron chi connectivity index (χ1n) is 7.14. The van der Waals surface area contributed by atoms with Gasteiger partial charge in [0.05, 0.1) is 5.56 Å². The molecule has 9 heteroatoms. The SMILES string of the molecule is CCCn1nnnc1COC(=O)c1ccc(CNC(N)=O)cc1. The van der Waals surface area contributed by atoms with E-state index in [0.717, 1.165) is 12.0 Å². The molecule has 0 aliphatic rings. The van der Waals surface area contributed by atoms with Crippen LogP contribution in [0.15, 0.2) is 24.3 Å². The number of nitrogens with two attached hydrogens (primary N) is 1. The lowest BCUT2D eigenvalue weighted by Gasteiger charge is -2.06. The van der Waals surface area contributed by atoms with E-state index in [1.807, 2.05) is 6.92 Å². The molecular formula is C14H18N6O3. The summed E-state index contributed by atoms with van der Waals surface area (Å²) in [4.78, 5) is 22.6. The predicted molar refractivity (Wildman–Crippen MR) is 80.1 cm³/mol. The van der Waals surface area contributed by atoms with Crippen molar-refractivity contribution in [1.82, 2.24) is 25.5 Å². The van der Waals surface area contributed by atoms with Gasteiger partial charge in [-0.25, -0.2) is 14.3 Å². The van der Waals surface area contributed by atoms with Gasteiger partial charge in [-0.15, -0.1) is 5.10 Å². The van der Waals surface area contributed by atoms with E-state index in [9.17, 15) is 9.59 Å². The number of aryl methyl sites for hydroxylation is 1. The zero-order chi connectivity index (χ0) is 16.7. The molecule has 23 heavy (non-hydrogen) atoms. The standard InChI is InChI=1S/C14H18N6O3/c1-2-7-20-12(17-18-19-20)9-23-13(21)11-5-3-10(4-6-11)8-16-14(15)22/h3-6H,2,7-9H2,1H3,(H3,15,16,22). The molecule has 0 aliphatic carbocycles. The lowest BCUT2D eigenvalue weighted by Crippen LogP contribution is -2.28. The molecule has 1 aromatic carbocycles. The molecule has 0 radical (unpaired) electrons. The zero-order valence-corrected chi connectivity index (χ0v) is 12.7. The number of carbonyl (C=O) groups excluding carboxylic acids is 2. The van der Waals surface area contributed by atoms with Crippen molar-refractivity contribution in [2.75, 3.05) is 0 Å². The van der Waals surface area contributed by atoms with Gasteiger partial charge in [0.2, 0.25) is 0 Å². The summed E-state index contributed by atoms with van der Waals surface area (Å²) < 4.78 is 6.81. The maximum Gasteiger partial charge on any atom is 0.338 e. The van der Waals surface area contributed by atoms with E-state index in [2.05, 4.69) is 20.8 Å². The van der Waals surface area contributed by atoms with Gasteiger partial charge in [0.15, 0.2) is 12.4 Å². The van der Waals surface area contributed by atoms with E-state index in [-0.39, 0.29) is 6.61 Å². The van der Waals surface area contributed by atoms with Crippen LogP contribution in [0.3, 0.4) is 0 Å². The highest BCUT2D eigenvalue weighted by molar-refractivity contribution is 5.89. The van der Waals surface area contributed by atoms with E-state index in [1.165, 1.54) is 0 Å². The molecule has 0 aliphatic heterocycles. The van der Waals surface area contributed by atoms with Crippen LogP contribution in [0.2, 0.25) is 0 Å². The van der Waals surface area contributed by atoms with Gasteiger partial charge < -0.3 is 15.8 Å². The molecule has 2 aromatic rings. The molecule has 0 unspecified atom stereocenters. The van der Waals surface area contributed by atoms with Gasteiger partial charge in [-0.05, 0) is 34.5 Å². The van der Waals surface area contributed by atoms with Crippen LogP contribution in [0.5, 0.6) is 0 Å². The monoisotopic (exact) mass is 318 g/mol. The molecule has 1 aromatic heterocycles. The van der Waals surface area contributed by atoms with Crippen LogP contribution in [0.1, 0.15) is 35.1 Å². The summed E-state index contributed by atoms with van der Waals surface area (Å²) in [6, 6.07) is 6.07. The van der Waals surface area contributed by atoms with Crippen molar-refractivity contribution in [3.05, 3.63) is 41.2 Å². The summed E-state index contributed by atoms with van der Waals surface area (Å²) >= 11 is 0. The number of hydrogen-bond donors (Lipinski definition) is 2. The second kappa shape index (κ2) is 7.87. The Kier molecular flexibility index (Phi) is 5.61. The van der Waals surface area contributed by atoms with Crippen LogP contribution in [0, 0.1) is 0 Å². The first-order chi connectivity index (χ1) is 11.1. The van der Waals surface area contributed by atoms with Gasteiger partial charge in [0.1, 0.15) is 0 Å². The molecule has 2 rings (SSSR count). The van der Waals surface area contributed by atoms with Crippen LogP contribution in [-0.4, -0.2) is 32.2 Å². The Bertz CT molecular complexity index is 667. The summed E-state index contributed by atoms with van der Waals surface area (Å²) in [5.41, 5.74) is 6.23. The third kappa shape index (κ3) is 4.77. The van der Waals surface area contributed by atoms with Crippen molar-refractivity contribution in [3.8, 4) is 0 Å². The summed E-state index contributed by atoms with van der Waals surface area (Å²) in [7, 11) is 0. The highest BCUT2D eigenvalue weighted by Gasteiger charge is 2.11. The predicted octanol–water partition coefficient (Wildman–Crippen LogP) is 0.608. The summed E-state index contributed by atoms with van der Waals surface area (Å²) in [5, 5.41) is 13.7. The van der Waals surface area contributed by atoms with Crippen molar-refractivity contribution >= 4 is 12.0 Å².